The first-order chi connectivity index (χ1) is 14.4. The maximum Gasteiger partial charge on any atom is 0.387 e. The highest BCUT2D eigenvalue weighted by Gasteiger charge is 2.21. The van der Waals surface area contributed by atoms with Gasteiger partial charge in [0.2, 0.25) is 0 Å². The third kappa shape index (κ3) is 8.31. The summed E-state index contributed by atoms with van der Waals surface area (Å²) in [7, 11) is 1.52. The number of halogens is 2. The van der Waals surface area contributed by atoms with E-state index in [1.165, 1.54) is 13.2 Å². The number of nitrogens with zero attached hydrogens (tertiary/aromatic N) is 2. The fourth-order valence-corrected chi connectivity index (χ4v) is 3.32. The molecular formula is C21H34F2N4O3. The number of nitrogens with one attached hydrogen (secondary N) is 2. The van der Waals surface area contributed by atoms with Crippen molar-refractivity contribution in [2.75, 3.05) is 46.4 Å². The van der Waals surface area contributed by atoms with E-state index in [1.54, 1.807) is 12.1 Å². The second-order valence-corrected chi connectivity index (χ2v) is 7.57. The number of hydrogen-bond donors (Lipinski definition) is 2. The molecule has 0 aromatic heterocycles. The van der Waals surface area contributed by atoms with Gasteiger partial charge in [-0.2, -0.15) is 8.78 Å². The third-order valence-electron chi connectivity index (χ3n) is 4.58. The number of guanidine groups is 1. The number of morpholine rings is 1. The number of methoxy groups -OCH3 is 1. The predicted molar refractivity (Wildman–Crippen MR) is 113 cm³/mol. The molecule has 0 spiro atoms. The Morgan fingerprint density at radius 1 is 1.33 bits per heavy atom. The summed E-state index contributed by atoms with van der Waals surface area (Å²) in [5.41, 5.74) is 0.517. The van der Waals surface area contributed by atoms with E-state index in [2.05, 4.69) is 39.1 Å². The zero-order valence-electron chi connectivity index (χ0n) is 18.3. The van der Waals surface area contributed by atoms with E-state index in [4.69, 9.17) is 9.47 Å². The number of aliphatic imine (C=N–C) groups is 1. The van der Waals surface area contributed by atoms with E-state index >= 15 is 0 Å². The second-order valence-electron chi connectivity index (χ2n) is 7.57. The first kappa shape index (κ1) is 24.1. The van der Waals surface area contributed by atoms with Crippen LogP contribution < -0.4 is 20.1 Å². The van der Waals surface area contributed by atoms with Crippen LogP contribution in [0, 0.1) is 5.92 Å². The van der Waals surface area contributed by atoms with Crippen LogP contribution in [-0.4, -0.2) is 70.0 Å². The van der Waals surface area contributed by atoms with Crippen LogP contribution in [0.3, 0.4) is 0 Å². The van der Waals surface area contributed by atoms with Crippen LogP contribution in [0.1, 0.15) is 26.3 Å². The zero-order valence-corrected chi connectivity index (χ0v) is 18.3. The Balaban J connectivity index is 2.00. The fourth-order valence-electron chi connectivity index (χ4n) is 3.32. The first-order valence-corrected chi connectivity index (χ1v) is 10.4. The van der Waals surface area contributed by atoms with Crippen molar-refractivity contribution in [1.82, 2.24) is 15.5 Å². The molecule has 1 saturated heterocycles. The fraction of sp³-hybridized carbons (Fsp3) is 0.667. The molecule has 1 aromatic rings. The molecule has 1 aliphatic rings. The summed E-state index contributed by atoms with van der Waals surface area (Å²) >= 11 is 0. The molecular weight excluding hydrogens is 394 g/mol. The van der Waals surface area contributed by atoms with Crippen molar-refractivity contribution in [2.24, 2.45) is 10.9 Å². The standard InChI is InChI=1S/C21H34F2N4O3/c1-5-24-21(26-12-18-14-27(8-9-29-18)13-15(2)3)25-11-16-10-17(28-4)6-7-19(16)30-20(22)23/h6-7,10,15,18,20H,5,8-9,11-14H2,1-4H3,(H2,24,25,26). The summed E-state index contributed by atoms with van der Waals surface area (Å²) in [6, 6.07) is 4.70. The van der Waals surface area contributed by atoms with E-state index in [-0.39, 0.29) is 18.4 Å². The van der Waals surface area contributed by atoms with Crippen molar-refractivity contribution in [3.05, 3.63) is 23.8 Å². The summed E-state index contributed by atoms with van der Waals surface area (Å²) in [6.07, 6.45) is 0.0657. The molecule has 2 rings (SSSR count). The van der Waals surface area contributed by atoms with Gasteiger partial charge in [-0.15, -0.1) is 0 Å². The lowest BCUT2D eigenvalue weighted by molar-refractivity contribution is -0.0504. The molecule has 2 N–H and O–H groups in total. The maximum absolute atomic E-state index is 12.7. The largest absolute Gasteiger partial charge is 0.497 e. The Labute approximate surface area is 177 Å². The molecule has 7 nitrogen and oxygen atoms in total. The van der Waals surface area contributed by atoms with Gasteiger partial charge < -0.3 is 24.8 Å². The molecule has 0 saturated carbocycles. The minimum atomic E-state index is -2.90. The zero-order chi connectivity index (χ0) is 21.9. The number of rotatable bonds is 10. The van der Waals surface area contributed by atoms with Crippen LogP contribution in [0.4, 0.5) is 8.78 Å². The van der Waals surface area contributed by atoms with E-state index in [9.17, 15) is 8.78 Å². The molecule has 0 amide bonds. The Morgan fingerprint density at radius 2 is 2.13 bits per heavy atom. The Hall–Kier alpha value is -2.13. The lowest BCUT2D eigenvalue weighted by atomic mass is 10.2. The van der Waals surface area contributed by atoms with Crippen molar-refractivity contribution in [3.63, 3.8) is 0 Å². The van der Waals surface area contributed by atoms with Crippen molar-refractivity contribution in [2.45, 2.75) is 40.0 Å². The lowest BCUT2D eigenvalue weighted by Gasteiger charge is -2.34. The SMILES string of the molecule is CCNC(=NCc1cc(OC)ccc1OC(F)F)NCC1CN(CC(C)C)CCO1. The molecule has 30 heavy (non-hydrogen) atoms. The molecule has 1 heterocycles. The van der Waals surface area contributed by atoms with Gasteiger partial charge in [0.05, 0.1) is 26.4 Å². The minimum absolute atomic E-state index is 0.0657. The van der Waals surface area contributed by atoms with Gasteiger partial charge in [0, 0.05) is 38.3 Å². The van der Waals surface area contributed by atoms with Gasteiger partial charge >= 0.3 is 6.61 Å². The maximum atomic E-state index is 12.7. The van der Waals surface area contributed by atoms with E-state index in [1.807, 2.05) is 6.92 Å². The topological polar surface area (TPSA) is 67.4 Å². The van der Waals surface area contributed by atoms with Crippen LogP contribution >= 0.6 is 0 Å². The quantitative estimate of drug-likeness (QED) is 0.441. The minimum Gasteiger partial charge on any atom is -0.497 e. The number of benzene rings is 1. The summed E-state index contributed by atoms with van der Waals surface area (Å²) in [5, 5.41) is 6.46. The molecule has 0 aliphatic carbocycles. The van der Waals surface area contributed by atoms with Gasteiger partial charge in [0.25, 0.3) is 0 Å². The Kier molecular flexibility index (Phi) is 10.1. The van der Waals surface area contributed by atoms with E-state index < -0.39 is 6.61 Å². The molecule has 0 bridgehead atoms. The summed E-state index contributed by atoms with van der Waals surface area (Å²) < 4.78 is 41.1. The molecule has 170 valence electrons. The number of alkyl halides is 2. The summed E-state index contributed by atoms with van der Waals surface area (Å²) in [6.45, 7) is 8.53. The number of hydrogen-bond acceptors (Lipinski definition) is 5. The third-order valence-corrected chi connectivity index (χ3v) is 4.58. The van der Waals surface area contributed by atoms with Gasteiger partial charge in [-0.05, 0) is 31.0 Å². The molecule has 1 atom stereocenters. The molecule has 9 heteroatoms. The van der Waals surface area contributed by atoms with Gasteiger partial charge in [-0.25, -0.2) is 4.99 Å². The summed E-state index contributed by atoms with van der Waals surface area (Å²) in [4.78, 5) is 6.94. The average Bonchev–Trinajstić information content (AvgIpc) is 2.70. The Morgan fingerprint density at radius 3 is 2.80 bits per heavy atom. The molecule has 1 unspecified atom stereocenters. The molecule has 1 aromatic carbocycles. The van der Waals surface area contributed by atoms with Gasteiger partial charge in [-0.3, -0.25) is 4.90 Å². The van der Waals surface area contributed by atoms with Crippen LogP contribution in [0.5, 0.6) is 11.5 Å². The monoisotopic (exact) mass is 428 g/mol. The lowest BCUT2D eigenvalue weighted by Crippen LogP contribution is -2.50. The normalized spacial score (nSPS) is 18.0. The smallest absolute Gasteiger partial charge is 0.387 e. The molecule has 1 fully saturated rings. The summed E-state index contributed by atoms with van der Waals surface area (Å²) in [5.74, 6) is 1.85. The molecule has 1 aliphatic heterocycles. The first-order valence-electron chi connectivity index (χ1n) is 10.4. The van der Waals surface area contributed by atoms with E-state index in [0.29, 0.717) is 42.9 Å². The predicted octanol–water partition coefficient (Wildman–Crippen LogP) is 2.71. The van der Waals surface area contributed by atoms with Crippen molar-refractivity contribution >= 4 is 5.96 Å². The van der Waals surface area contributed by atoms with Crippen LogP contribution in [-0.2, 0) is 11.3 Å². The molecule has 0 radical (unpaired) electrons. The second kappa shape index (κ2) is 12.5. The van der Waals surface area contributed by atoms with Crippen LogP contribution in [0.25, 0.3) is 0 Å². The van der Waals surface area contributed by atoms with Crippen LogP contribution in [0.15, 0.2) is 23.2 Å². The van der Waals surface area contributed by atoms with Gasteiger partial charge in [0.1, 0.15) is 11.5 Å². The highest BCUT2D eigenvalue weighted by molar-refractivity contribution is 5.79. The van der Waals surface area contributed by atoms with Gasteiger partial charge in [-0.1, -0.05) is 13.8 Å². The Bertz CT molecular complexity index is 674. The highest BCUT2D eigenvalue weighted by atomic mass is 19.3. The van der Waals surface area contributed by atoms with Gasteiger partial charge in [0.15, 0.2) is 5.96 Å². The van der Waals surface area contributed by atoms with E-state index in [0.717, 1.165) is 19.6 Å². The van der Waals surface area contributed by atoms with Crippen molar-refractivity contribution in [1.29, 1.82) is 0 Å². The van der Waals surface area contributed by atoms with Crippen molar-refractivity contribution in [3.8, 4) is 11.5 Å². The van der Waals surface area contributed by atoms with Crippen LogP contribution in [0.2, 0.25) is 0 Å². The van der Waals surface area contributed by atoms with Crippen molar-refractivity contribution < 1.29 is 23.0 Å². The number of ether oxygens (including phenoxy) is 3. The average molecular weight is 429 g/mol. The highest BCUT2D eigenvalue weighted by Crippen LogP contribution is 2.26.